The van der Waals surface area contributed by atoms with Crippen LogP contribution in [0.15, 0.2) is 12.3 Å². The Hall–Kier alpha value is -1.50. The third-order valence-corrected chi connectivity index (χ3v) is 4.98. The Bertz CT molecular complexity index is 615. The highest BCUT2D eigenvalue weighted by atomic mass is 35.5. The zero-order chi connectivity index (χ0) is 15.5. The first-order chi connectivity index (χ1) is 10.5. The molecule has 3 aliphatic rings. The number of alkyl halides is 2. The minimum Gasteiger partial charge on any atom is -0.352 e. The van der Waals surface area contributed by atoms with Gasteiger partial charge in [0.15, 0.2) is 0 Å². The Morgan fingerprint density at radius 3 is 2.50 bits per heavy atom. The van der Waals surface area contributed by atoms with Crippen molar-refractivity contribution in [3.05, 3.63) is 17.5 Å². The highest BCUT2D eigenvalue weighted by Gasteiger charge is 2.64. The number of anilines is 1. The molecule has 5 nitrogen and oxygen atoms in total. The van der Waals surface area contributed by atoms with E-state index < -0.39 is 11.8 Å². The summed E-state index contributed by atoms with van der Waals surface area (Å²) in [5.74, 6) is -3.55. The van der Waals surface area contributed by atoms with Gasteiger partial charge in [-0.05, 0) is 30.5 Å². The van der Waals surface area contributed by atoms with Crippen molar-refractivity contribution in [2.75, 3.05) is 18.0 Å². The molecule has 4 rings (SSSR count). The standard InChI is InChI=1S/C14H15ClF2N4O/c15-13-18-4-3-11(19-13)20-6-8-1-2-9(7-20)21(8)12(22)10-5-14(10,16)17/h3-4,8-10H,1-2,5-7H2/t8-,9+,10-/m0/s1. The van der Waals surface area contributed by atoms with Crippen molar-refractivity contribution in [2.24, 2.45) is 5.92 Å². The van der Waals surface area contributed by atoms with Crippen LogP contribution in [0.25, 0.3) is 0 Å². The van der Waals surface area contributed by atoms with Crippen molar-refractivity contribution in [1.82, 2.24) is 14.9 Å². The van der Waals surface area contributed by atoms with Gasteiger partial charge in [0.2, 0.25) is 11.2 Å². The summed E-state index contributed by atoms with van der Waals surface area (Å²) in [4.78, 5) is 24.1. The summed E-state index contributed by atoms with van der Waals surface area (Å²) in [7, 11) is 0. The second-order valence-electron chi connectivity index (χ2n) is 6.24. The van der Waals surface area contributed by atoms with Crippen LogP contribution in [0.1, 0.15) is 19.3 Å². The molecule has 1 aromatic heterocycles. The molecule has 8 heteroatoms. The number of amides is 1. The van der Waals surface area contributed by atoms with Gasteiger partial charge in [-0.1, -0.05) is 0 Å². The van der Waals surface area contributed by atoms with Crippen LogP contribution in [0.3, 0.4) is 0 Å². The van der Waals surface area contributed by atoms with E-state index in [1.807, 2.05) is 0 Å². The molecule has 2 bridgehead atoms. The molecule has 118 valence electrons. The molecule has 3 heterocycles. The third kappa shape index (κ3) is 2.22. The van der Waals surface area contributed by atoms with Crippen LogP contribution >= 0.6 is 11.6 Å². The average Bonchev–Trinajstić information content (AvgIpc) is 3.04. The molecule has 1 aliphatic carbocycles. The van der Waals surface area contributed by atoms with Gasteiger partial charge in [-0.2, -0.15) is 0 Å². The maximum Gasteiger partial charge on any atom is 0.260 e. The molecule has 0 aromatic carbocycles. The van der Waals surface area contributed by atoms with Gasteiger partial charge in [-0.15, -0.1) is 0 Å². The molecular weight excluding hydrogens is 314 g/mol. The van der Waals surface area contributed by atoms with E-state index in [0.717, 1.165) is 18.7 Å². The quantitative estimate of drug-likeness (QED) is 0.779. The van der Waals surface area contributed by atoms with Crippen LogP contribution in [0.2, 0.25) is 5.28 Å². The summed E-state index contributed by atoms with van der Waals surface area (Å²) < 4.78 is 26.3. The first-order valence-corrected chi connectivity index (χ1v) is 7.77. The highest BCUT2D eigenvalue weighted by molar-refractivity contribution is 6.28. The van der Waals surface area contributed by atoms with Gasteiger partial charge in [0.1, 0.15) is 11.7 Å². The van der Waals surface area contributed by atoms with Gasteiger partial charge >= 0.3 is 0 Å². The van der Waals surface area contributed by atoms with Crippen molar-refractivity contribution < 1.29 is 13.6 Å². The lowest BCUT2D eigenvalue weighted by Gasteiger charge is -2.41. The van der Waals surface area contributed by atoms with Crippen LogP contribution in [0.5, 0.6) is 0 Å². The largest absolute Gasteiger partial charge is 0.352 e. The fourth-order valence-corrected chi connectivity index (χ4v) is 3.76. The molecular formula is C14H15ClF2N4O. The predicted molar refractivity (Wildman–Crippen MR) is 76.0 cm³/mol. The van der Waals surface area contributed by atoms with Crippen molar-refractivity contribution in [1.29, 1.82) is 0 Å². The molecule has 0 radical (unpaired) electrons. The molecule has 0 N–H and O–H groups in total. The van der Waals surface area contributed by atoms with Crippen molar-refractivity contribution in [3.63, 3.8) is 0 Å². The zero-order valence-corrected chi connectivity index (χ0v) is 12.5. The Morgan fingerprint density at radius 2 is 1.95 bits per heavy atom. The number of carbonyl (C=O) groups excluding carboxylic acids is 1. The Morgan fingerprint density at radius 1 is 1.32 bits per heavy atom. The normalized spacial score (nSPS) is 32.2. The second-order valence-corrected chi connectivity index (χ2v) is 6.58. The van der Waals surface area contributed by atoms with E-state index in [9.17, 15) is 13.6 Å². The van der Waals surface area contributed by atoms with Crippen LogP contribution < -0.4 is 4.90 Å². The number of fused-ring (bicyclic) bond motifs is 2. The average molecular weight is 329 g/mol. The van der Waals surface area contributed by atoms with E-state index in [4.69, 9.17) is 11.6 Å². The Balaban J connectivity index is 1.51. The fraction of sp³-hybridized carbons (Fsp3) is 0.643. The maximum absolute atomic E-state index is 13.2. The monoisotopic (exact) mass is 328 g/mol. The molecule has 3 atom stereocenters. The van der Waals surface area contributed by atoms with Gasteiger partial charge in [-0.25, -0.2) is 18.7 Å². The number of nitrogens with zero attached hydrogens (tertiary/aromatic N) is 4. The number of carbonyl (C=O) groups is 1. The van der Waals surface area contributed by atoms with Crippen LogP contribution in [-0.2, 0) is 4.79 Å². The van der Waals surface area contributed by atoms with Crippen LogP contribution in [-0.4, -0.2) is 51.9 Å². The predicted octanol–water partition coefficient (Wildman–Crippen LogP) is 1.96. The summed E-state index contributed by atoms with van der Waals surface area (Å²) in [6.07, 6.45) is 3.00. The molecule has 1 amide bonds. The Labute approximate surface area is 131 Å². The van der Waals surface area contributed by atoms with Crippen molar-refractivity contribution in [3.8, 4) is 0 Å². The van der Waals surface area contributed by atoms with Crippen molar-refractivity contribution in [2.45, 2.75) is 37.3 Å². The van der Waals surface area contributed by atoms with Gasteiger partial charge < -0.3 is 9.80 Å². The topological polar surface area (TPSA) is 49.3 Å². The van der Waals surface area contributed by atoms with Crippen LogP contribution in [0, 0.1) is 5.92 Å². The lowest BCUT2D eigenvalue weighted by Crippen LogP contribution is -2.56. The second kappa shape index (κ2) is 4.75. The first kappa shape index (κ1) is 14.1. The van der Waals surface area contributed by atoms with E-state index in [1.165, 1.54) is 0 Å². The van der Waals surface area contributed by atoms with Crippen molar-refractivity contribution >= 4 is 23.3 Å². The summed E-state index contributed by atoms with van der Waals surface area (Å²) in [5.41, 5.74) is 0. The van der Waals surface area contributed by atoms with E-state index in [0.29, 0.717) is 13.1 Å². The number of piperazine rings is 1. The zero-order valence-electron chi connectivity index (χ0n) is 11.8. The maximum atomic E-state index is 13.2. The molecule has 0 spiro atoms. The molecule has 0 unspecified atom stereocenters. The first-order valence-electron chi connectivity index (χ1n) is 7.39. The SMILES string of the molecule is O=C([C@@H]1CC1(F)F)N1[C@@H]2CC[C@H]1CN(c1ccnc(Cl)n1)C2. The van der Waals surface area contributed by atoms with E-state index in [2.05, 4.69) is 14.9 Å². The number of aromatic nitrogens is 2. The number of halogens is 3. The molecule has 1 aromatic rings. The van der Waals surface area contributed by atoms with E-state index >= 15 is 0 Å². The molecule has 22 heavy (non-hydrogen) atoms. The molecule has 2 saturated heterocycles. The fourth-order valence-electron chi connectivity index (χ4n) is 3.61. The lowest BCUT2D eigenvalue weighted by molar-refractivity contribution is -0.138. The summed E-state index contributed by atoms with van der Waals surface area (Å²) >= 11 is 5.82. The van der Waals surface area contributed by atoms with E-state index in [1.54, 1.807) is 17.2 Å². The smallest absolute Gasteiger partial charge is 0.260 e. The van der Waals surface area contributed by atoms with Gasteiger partial charge in [0, 0.05) is 37.8 Å². The molecule has 2 aliphatic heterocycles. The summed E-state index contributed by atoms with van der Waals surface area (Å²) in [6, 6.07) is 1.74. The third-order valence-electron chi connectivity index (χ3n) is 4.80. The number of hydrogen-bond acceptors (Lipinski definition) is 4. The summed E-state index contributed by atoms with van der Waals surface area (Å²) in [5, 5.41) is 0.181. The number of hydrogen-bond donors (Lipinski definition) is 0. The van der Waals surface area contributed by atoms with Gasteiger partial charge in [0.25, 0.3) is 5.92 Å². The molecule has 3 fully saturated rings. The minimum atomic E-state index is -2.80. The van der Waals surface area contributed by atoms with Crippen LogP contribution in [0.4, 0.5) is 14.6 Å². The molecule has 1 saturated carbocycles. The van der Waals surface area contributed by atoms with Gasteiger partial charge in [0.05, 0.1) is 0 Å². The lowest BCUT2D eigenvalue weighted by atomic mass is 10.1. The summed E-state index contributed by atoms with van der Waals surface area (Å²) in [6.45, 7) is 1.21. The Kier molecular flexibility index (Phi) is 3.04. The van der Waals surface area contributed by atoms with Gasteiger partial charge in [-0.3, -0.25) is 4.79 Å². The minimum absolute atomic E-state index is 0.0172. The number of rotatable bonds is 2. The van der Waals surface area contributed by atoms with E-state index in [-0.39, 0.29) is 29.7 Å². The highest BCUT2D eigenvalue weighted by Crippen LogP contribution is 2.51.